The van der Waals surface area contributed by atoms with E-state index in [0.29, 0.717) is 6.54 Å². The van der Waals surface area contributed by atoms with E-state index in [1.54, 1.807) is 6.92 Å². The van der Waals surface area contributed by atoms with Crippen molar-refractivity contribution in [2.45, 2.75) is 39.2 Å². The van der Waals surface area contributed by atoms with E-state index < -0.39 is 0 Å². The van der Waals surface area contributed by atoms with Gasteiger partial charge in [0.1, 0.15) is 0 Å². The van der Waals surface area contributed by atoms with Crippen LogP contribution >= 0.6 is 0 Å². The Kier molecular flexibility index (Phi) is 4.15. The second kappa shape index (κ2) is 6.23. The third-order valence-electron chi connectivity index (χ3n) is 4.35. The SMILES string of the molecule is CC#CC(=O)N1CCCCC(n2cnc3cccc(C)c32)C1. The molecule has 1 aromatic heterocycles. The molecule has 0 saturated carbocycles. The summed E-state index contributed by atoms with van der Waals surface area (Å²) in [5.41, 5.74) is 3.43. The highest BCUT2D eigenvalue weighted by Gasteiger charge is 2.23. The van der Waals surface area contributed by atoms with Gasteiger partial charge in [-0.3, -0.25) is 4.79 Å². The molecule has 1 aliphatic rings. The quantitative estimate of drug-likeness (QED) is 0.759. The number of benzene rings is 1. The summed E-state index contributed by atoms with van der Waals surface area (Å²) in [6.45, 7) is 5.34. The van der Waals surface area contributed by atoms with Crippen molar-refractivity contribution in [3.05, 3.63) is 30.1 Å². The molecule has 1 unspecified atom stereocenters. The molecule has 0 spiro atoms. The Morgan fingerprint density at radius 1 is 1.36 bits per heavy atom. The largest absolute Gasteiger partial charge is 0.330 e. The number of hydrogen-bond acceptors (Lipinski definition) is 2. The molecular weight excluding hydrogens is 274 g/mol. The molecule has 22 heavy (non-hydrogen) atoms. The third-order valence-corrected chi connectivity index (χ3v) is 4.35. The van der Waals surface area contributed by atoms with Crippen LogP contribution in [0.25, 0.3) is 11.0 Å². The predicted molar refractivity (Wildman–Crippen MR) is 87.4 cm³/mol. The van der Waals surface area contributed by atoms with Crippen LogP contribution < -0.4 is 0 Å². The molecule has 2 heterocycles. The Bertz CT molecular complexity index is 751. The van der Waals surface area contributed by atoms with Gasteiger partial charge in [0, 0.05) is 13.1 Å². The van der Waals surface area contributed by atoms with Gasteiger partial charge in [-0.2, -0.15) is 0 Å². The number of carbonyl (C=O) groups is 1. The van der Waals surface area contributed by atoms with Crippen LogP contribution in [0.2, 0.25) is 0 Å². The summed E-state index contributed by atoms with van der Waals surface area (Å²) in [6, 6.07) is 6.47. The normalized spacial score (nSPS) is 18.6. The molecule has 1 aliphatic heterocycles. The Balaban J connectivity index is 1.94. The molecule has 0 bridgehead atoms. The standard InChI is InChI=1S/C18H21N3O/c1-3-7-17(22)20-11-5-4-9-15(12-20)21-13-19-16-10-6-8-14(2)18(16)21/h6,8,10,13,15H,4-5,9,11-12H2,1-2H3. The summed E-state index contributed by atoms with van der Waals surface area (Å²) in [4.78, 5) is 18.5. The fourth-order valence-electron chi connectivity index (χ4n) is 3.26. The lowest BCUT2D eigenvalue weighted by Gasteiger charge is -2.24. The first-order chi connectivity index (χ1) is 10.7. The average molecular weight is 295 g/mol. The Morgan fingerprint density at radius 3 is 3.05 bits per heavy atom. The maximum absolute atomic E-state index is 12.1. The van der Waals surface area contributed by atoms with E-state index in [9.17, 15) is 4.79 Å². The number of likely N-dealkylation sites (tertiary alicyclic amines) is 1. The zero-order valence-corrected chi connectivity index (χ0v) is 13.2. The molecule has 0 N–H and O–H groups in total. The van der Waals surface area contributed by atoms with E-state index in [2.05, 4.69) is 34.4 Å². The van der Waals surface area contributed by atoms with Crippen molar-refractivity contribution >= 4 is 16.9 Å². The van der Waals surface area contributed by atoms with Crippen molar-refractivity contribution in [1.29, 1.82) is 0 Å². The topological polar surface area (TPSA) is 38.1 Å². The number of nitrogens with zero attached hydrogens (tertiary/aromatic N) is 3. The molecule has 4 nitrogen and oxygen atoms in total. The highest BCUT2D eigenvalue weighted by molar-refractivity contribution is 5.93. The summed E-state index contributed by atoms with van der Waals surface area (Å²) < 4.78 is 2.25. The molecule has 1 aromatic carbocycles. The van der Waals surface area contributed by atoms with E-state index in [-0.39, 0.29) is 11.9 Å². The van der Waals surface area contributed by atoms with Crippen molar-refractivity contribution < 1.29 is 4.79 Å². The lowest BCUT2D eigenvalue weighted by Crippen LogP contribution is -2.34. The van der Waals surface area contributed by atoms with Gasteiger partial charge >= 0.3 is 0 Å². The molecule has 4 heteroatoms. The van der Waals surface area contributed by atoms with Gasteiger partial charge in [-0.05, 0) is 50.7 Å². The second-order valence-corrected chi connectivity index (χ2v) is 5.87. The maximum atomic E-state index is 12.1. The Labute approximate surface area is 131 Å². The van der Waals surface area contributed by atoms with Crippen LogP contribution in [0, 0.1) is 18.8 Å². The van der Waals surface area contributed by atoms with Crippen molar-refractivity contribution in [2.24, 2.45) is 0 Å². The van der Waals surface area contributed by atoms with Gasteiger partial charge < -0.3 is 9.47 Å². The molecule has 1 fully saturated rings. The number of amides is 1. The zero-order valence-electron chi connectivity index (χ0n) is 13.2. The van der Waals surface area contributed by atoms with Crippen LogP contribution in [0.5, 0.6) is 0 Å². The number of carbonyl (C=O) groups excluding carboxylic acids is 1. The van der Waals surface area contributed by atoms with Gasteiger partial charge in [-0.15, -0.1) is 0 Å². The van der Waals surface area contributed by atoms with E-state index >= 15 is 0 Å². The van der Waals surface area contributed by atoms with Gasteiger partial charge in [0.25, 0.3) is 5.91 Å². The molecule has 114 valence electrons. The van der Waals surface area contributed by atoms with Crippen LogP contribution in [-0.2, 0) is 4.79 Å². The molecule has 0 radical (unpaired) electrons. The summed E-state index contributed by atoms with van der Waals surface area (Å²) in [7, 11) is 0. The van der Waals surface area contributed by atoms with Gasteiger partial charge in [0.15, 0.2) is 0 Å². The van der Waals surface area contributed by atoms with Crippen LogP contribution in [-0.4, -0.2) is 33.4 Å². The smallest absolute Gasteiger partial charge is 0.298 e. The molecule has 1 amide bonds. The summed E-state index contributed by atoms with van der Waals surface area (Å²) in [5, 5.41) is 0. The lowest BCUT2D eigenvalue weighted by atomic mass is 10.1. The highest BCUT2D eigenvalue weighted by atomic mass is 16.2. The first-order valence-corrected chi connectivity index (χ1v) is 7.84. The number of imidazole rings is 1. The minimum atomic E-state index is -0.0597. The van der Waals surface area contributed by atoms with Crippen LogP contribution in [0.4, 0.5) is 0 Å². The van der Waals surface area contributed by atoms with E-state index in [1.807, 2.05) is 23.4 Å². The number of aromatic nitrogens is 2. The first kappa shape index (κ1) is 14.6. The number of hydrogen-bond donors (Lipinski definition) is 0. The third kappa shape index (κ3) is 2.71. The predicted octanol–water partition coefficient (Wildman–Crippen LogP) is 2.92. The molecular formula is C18H21N3O. The average Bonchev–Trinajstić information content (AvgIpc) is 2.79. The number of para-hydroxylation sites is 1. The lowest BCUT2D eigenvalue weighted by molar-refractivity contribution is -0.125. The number of aryl methyl sites for hydroxylation is 1. The maximum Gasteiger partial charge on any atom is 0.298 e. The Morgan fingerprint density at radius 2 is 2.23 bits per heavy atom. The monoisotopic (exact) mass is 295 g/mol. The first-order valence-electron chi connectivity index (χ1n) is 7.84. The van der Waals surface area contributed by atoms with Crippen molar-refractivity contribution in [3.63, 3.8) is 0 Å². The van der Waals surface area contributed by atoms with Crippen molar-refractivity contribution in [3.8, 4) is 11.8 Å². The van der Waals surface area contributed by atoms with E-state index in [1.165, 1.54) is 11.1 Å². The minimum absolute atomic E-state index is 0.0597. The van der Waals surface area contributed by atoms with Gasteiger partial charge in [0.05, 0.1) is 23.4 Å². The summed E-state index contributed by atoms with van der Waals surface area (Å²) in [6.07, 6.45) is 5.16. The Hall–Kier alpha value is -2.28. The number of fused-ring (bicyclic) bond motifs is 1. The highest BCUT2D eigenvalue weighted by Crippen LogP contribution is 2.27. The van der Waals surface area contributed by atoms with Crippen LogP contribution in [0.1, 0.15) is 37.8 Å². The van der Waals surface area contributed by atoms with Gasteiger partial charge in [0.2, 0.25) is 0 Å². The van der Waals surface area contributed by atoms with Crippen molar-refractivity contribution in [2.75, 3.05) is 13.1 Å². The molecule has 0 aliphatic carbocycles. The van der Waals surface area contributed by atoms with Crippen LogP contribution in [0.15, 0.2) is 24.5 Å². The molecule has 1 atom stereocenters. The summed E-state index contributed by atoms with van der Waals surface area (Å²) in [5.74, 6) is 5.32. The fraction of sp³-hybridized carbons (Fsp3) is 0.444. The molecule has 3 rings (SSSR count). The zero-order chi connectivity index (χ0) is 15.5. The van der Waals surface area contributed by atoms with Gasteiger partial charge in [-0.25, -0.2) is 4.98 Å². The molecule has 1 saturated heterocycles. The summed E-state index contributed by atoms with van der Waals surface area (Å²) >= 11 is 0. The van der Waals surface area contributed by atoms with Crippen molar-refractivity contribution in [1.82, 2.24) is 14.5 Å². The minimum Gasteiger partial charge on any atom is -0.330 e. The van der Waals surface area contributed by atoms with E-state index in [0.717, 1.165) is 31.3 Å². The van der Waals surface area contributed by atoms with Gasteiger partial charge in [-0.1, -0.05) is 18.1 Å². The second-order valence-electron chi connectivity index (χ2n) is 5.87. The molecule has 2 aromatic rings. The number of rotatable bonds is 1. The van der Waals surface area contributed by atoms with Crippen LogP contribution in [0.3, 0.4) is 0 Å². The van der Waals surface area contributed by atoms with E-state index in [4.69, 9.17) is 0 Å². The fourth-order valence-corrected chi connectivity index (χ4v) is 3.26.